The summed E-state index contributed by atoms with van der Waals surface area (Å²) in [6.45, 7) is 8.45. The predicted molar refractivity (Wildman–Crippen MR) is 67.8 cm³/mol. The molecule has 0 aromatic carbocycles. The lowest BCUT2D eigenvalue weighted by molar-refractivity contribution is -0.0492. The zero-order chi connectivity index (χ0) is 12.2. The van der Waals surface area contributed by atoms with E-state index in [4.69, 9.17) is 9.16 Å². The van der Waals surface area contributed by atoms with Gasteiger partial charge in [0.1, 0.15) is 12.2 Å². The minimum atomic E-state index is -1.64. The van der Waals surface area contributed by atoms with Gasteiger partial charge in [0, 0.05) is 0 Å². The molecule has 0 unspecified atom stereocenters. The van der Waals surface area contributed by atoms with Crippen LogP contribution >= 0.6 is 0 Å². The van der Waals surface area contributed by atoms with Gasteiger partial charge in [0.2, 0.25) is 0 Å². The molecule has 0 saturated heterocycles. The van der Waals surface area contributed by atoms with Crippen molar-refractivity contribution < 1.29 is 14.3 Å². The van der Waals surface area contributed by atoms with E-state index in [-0.39, 0.29) is 12.2 Å². The van der Waals surface area contributed by atoms with Gasteiger partial charge in [0.25, 0.3) is 0 Å². The molecule has 0 fully saturated rings. The molecule has 16 heavy (non-hydrogen) atoms. The lowest BCUT2D eigenvalue weighted by atomic mass is 10.1. The molecule has 0 aromatic rings. The molecule has 94 valence electrons. The second kappa shape index (κ2) is 5.84. The maximum Gasteiger partial charge on any atom is 0.193 e. The van der Waals surface area contributed by atoms with E-state index in [0.29, 0.717) is 0 Å². The van der Waals surface area contributed by atoms with Gasteiger partial charge in [-0.3, -0.25) is 0 Å². The van der Waals surface area contributed by atoms with Crippen molar-refractivity contribution in [2.75, 3.05) is 0 Å². The number of rotatable bonds is 5. The van der Waals surface area contributed by atoms with Crippen LogP contribution in [0.1, 0.15) is 27.7 Å². The van der Waals surface area contributed by atoms with Gasteiger partial charge >= 0.3 is 0 Å². The SMILES string of the molecule is CC[Si](CC)(CC)O[C@@H]1C=CO[C@H](C)[C@H]1O. The van der Waals surface area contributed by atoms with Crippen molar-refractivity contribution in [1.82, 2.24) is 0 Å². The minimum absolute atomic E-state index is 0.174. The van der Waals surface area contributed by atoms with Crippen molar-refractivity contribution in [2.45, 2.75) is 64.1 Å². The second-order valence-corrected chi connectivity index (χ2v) is 9.21. The van der Waals surface area contributed by atoms with Crippen LogP contribution in [0.5, 0.6) is 0 Å². The highest BCUT2D eigenvalue weighted by atomic mass is 28.4. The van der Waals surface area contributed by atoms with Gasteiger partial charge in [0.05, 0.1) is 12.4 Å². The average Bonchev–Trinajstić information content (AvgIpc) is 2.32. The first-order valence-electron chi connectivity index (χ1n) is 6.26. The Bertz CT molecular complexity index is 230. The molecule has 1 aliphatic heterocycles. The van der Waals surface area contributed by atoms with E-state index in [1.807, 2.05) is 13.0 Å². The van der Waals surface area contributed by atoms with Crippen LogP contribution in [-0.2, 0) is 9.16 Å². The Labute approximate surface area is 99.6 Å². The Balaban J connectivity index is 2.71. The maximum atomic E-state index is 10.0. The third-order valence-corrected chi connectivity index (χ3v) is 8.34. The Morgan fingerprint density at radius 3 is 2.31 bits per heavy atom. The van der Waals surface area contributed by atoms with E-state index in [1.54, 1.807) is 6.26 Å². The van der Waals surface area contributed by atoms with E-state index in [1.165, 1.54) is 0 Å². The molecular weight excluding hydrogens is 220 g/mol. The molecule has 3 atom stereocenters. The van der Waals surface area contributed by atoms with Crippen LogP contribution in [-0.4, -0.2) is 31.7 Å². The van der Waals surface area contributed by atoms with Crippen molar-refractivity contribution in [3.8, 4) is 0 Å². The largest absolute Gasteiger partial charge is 0.496 e. The Morgan fingerprint density at radius 1 is 1.25 bits per heavy atom. The van der Waals surface area contributed by atoms with Crippen LogP contribution in [0.25, 0.3) is 0 Å². The molecule has 0 bridgehead atoms. The van der Waals surface area contributed by atoms with E-state index >= 15 is 0 Å². The molecule has 3 nitrogen and oxygen atoms in total. The quantitative estimate of drug-likeness (QED) is 0.756. The standard InChI is InChI=1S/C12H24O3Si/c1-5-16(6-2,7-3)15-11-8-9-14-10(4)12(11)13/h8-13H,5-7H2,1-4H3/t10-,11-,12-/m1/s1. The van der Waals surface area contributed by atoms with Crippen LogP contribution in [0.3, 0.4) is 0 Å². The molecule has 1 rings (SSSR count). The molecule has 0 amide bonds. The van der Waals surface area contributed by atoms with Crippen molar-refractivity contribution >= 4 is 8.32 Å². The number of hydrogen-bond acceptors (Lipinski definition) is 3. The van der Waals surface area contributed by atoms with E-state index in [2.05, 4.69) is 20.8 Å². The van der Waals surface area contributed by atoms with Crippen molar-refractivity contribution in [2.24, 2.45) is 0 Å². The second-order valence-electron chi connectivity index (χ2n) is 4.49. The minimum Gasteiger partial charge on any atom is -0.496 e. The van der Waals surface area contributed by atoms with E-state index in [9.17, 15) is 5.11 Å². The van der Waals surface area contributed by atoms with Gasteiger partial charge < -0.3 is 14.3 Å². The molecule has 0 saturated carbocycles. The summed E-state index contributed by atoms with van der Waals surface area (Å²) >= 11 is 0. The predicted octanol–water partition coefficient (Wildman–Crippen LogP) is 2.67. The van der Waals surface area contributed by atoms with Crippen LogP contribution < -0.4 is 0 Å². The summed E-state index contributed by atoms with van der Waals surface area (Å²) in [6, 6.07) is 3.31. The third-order valence-electron chi connectivity index (χ3n) is 3.70. The fraction of sp³-hybridized carbons (Fsp3) is 0.833. The first-order valence-corrected chi connectivity index (χ1v) is 8.79. The Morgan fingerprint density at radius 2 is 1.81 bits per heavy atom. The average molecular weight is 244 g/mol. The van der Waals surface area contributed by atoms with Gasteiger partial charge in [-0.2, -0.15) is 0 Å². The number of aliphatic hydroxyl groups excluding tert-OH is 1. The molecule has 4 heteroatoms. The summed E-state index contributed by atoms with van der Waals surface area (Å²) in [5, 5.41) is 10.0. The molecule has 1 N–H and O–H groups in total. The third kappa shape index (κ3) is 2.87. The molecule has 1 heterocycles. The summed E-state index contributed by atoms with van der Waals surface area (Å²) in [5.74, 6) is 0. The highest BCUT2D eigenvalue weighted by molar-refractivity contribution is 6.73. The fourth-order valence-electron chi connectivity index (χ4n) is 2.11. The lowest BCUT2D eigenvalue weighted by Gasteiger charge is -2.37. The maximum absolute atomic E-state index is 10.0. The smallest absolute Gasteiger partial charge is 0.193 e. The molecule has 0 aromatic heterocycles. The van der Waals surface area contributed by atoms with Gasteiger partial charge in [-0.05, 0) is 31.1 Å². The van der Waals surface area contributed by atoms with Crippen molar-refractivity contribution in [3.63, 3.8) is 0 Å². The molecule has 1 aliphatic rings. The summed E-state index contributed by atoms with van der Waals surface area (Å²) < 4.78 is 11.5. The number of aliphatic hydroxyl groups is 1. The monoisotopic (exact) mass is 244 g/mol. The summed E-state index contributed by atoms with van der Waals surface area (Å²) in [6.07, 6.45) is 2.60. The summed E-state index contributed by atoms with van der Waals surface area (Å²) in [7, 11) is -1.64. The van der Waals surface area contributed by atoms with Crippen molar-refractivity contribution in [3.05, 3.63) is 12.3 Å². The van der Waals surface area contributed by atoms with Crippen LogP contribution in [0.4, 0.5) is 0 Å². The van der Waals surface area contributed by atoms with Crippen LogP contribution in [0, 0.1) is 0 Å². The number of ether oxygens (including phenoxy) is 1. The fourth-order valence-corrected chi connectivity index (χ4v) is 4.90. The van der Waals surface area contributed by atoms with Crippen molar-refractivity contribution in [1.29, 1.82) is 0 Å². The lowest BCUT2D eigenvalue weighted by Crippen LogP contribution is -2.48. The topological polar surface area (TPSA) is 38.7 Å². The summed E-state index contributed by atoms with van der Waals surface area (Å²) in [5.41, 5.74) is 0. The number of hydrogen-bond donors (Lipinski definition) is 1. The van der Waals surface area contributed by atoms with Gasteiger partial charge in [-0.25, -0.2) is 0 Å². The normalized spacial score (nSPS) is 30.2. The Hall–Kier alpha value is -0.323. The molecule has 0 spiro atoms. The highest BCUT2D eigenvalue weighted by Crippen LogP contribution is 2.27. The van der Waals surface area contributed by atoms with E-state index in [0.717, 1.165) is 18.1 Å². The molecule has 0 aliphatic carbocycles. The van der Waals surface area contributed by atoms with Crippen LogP contribution in [0.2, 0.25) is 18.1 Å². The molecule has 0 radical (unpaired) electrons. The van der Waals surface area contributed by atoms with E-state index < -0.39 is 14.4 Å². The Kier molecular flexibility index (Phi) is 5.02. The molecular formula is C12H24O3Si. The van der Waals surface area contributed by atoms with Gasteiger partial charge in [0.15, 0.2) is 8.32 Å². The zero-order valence-corrected chi connectivity index (χ0v) is 11.8. The highest BCUT2D eigenvalue weighted by Gasteiger charge is 2.36. The first kappa shape index (κ1) is 13.7. The van der Waals surface area contributed by atoms with Gasteiger partial charge in [-0.15, -0.1) is 0 Å². The van der Waals surface area contributed by atoms with Crippen LogP contribution in [0.15, 0.2) is 12.3 Å². The first-order chi connectivity index (χ1) is 7.58. The summed E-state index contributed by atoms with van der Waals surface area (Å²) in [4.78, 5) is 0. The van der Waals surface area contributed by atoms with Gasteiger partial charge in [-0.1, -0.05) is 20.8 Å². The zero-order valence-electron chi connectivity index (χ0n) is 10.8.